The standard InChI is InChI=1S/C19H23NO5/c1-20(23)7-6-19-10-14(21)16(25-3)9-12(19)13(20)8-11-4-5-15(24-2)18(22)17(11)19/h4-5,9,12-13,22H,6-8,10H2,1-3H3/t12-,13+,19-,20?/m1/s1. The number of ketones is 1. The van der Waals surface area contributed by atoms with Crippen LogP contribution in [-0.4, -0.2) is 49.4 Å². The van der Waals surface area contributed by atoms with Crippen molar-refractivity contribution < 1.29 is 24.0 Å². The maximum atomic E-state index is 13.1. The molecule has 6 nitrogen and oxygen atoms in total. The number of fused-ring (bicyclic) bond motifs is 1. The maximum Gasteiger partial charge on any atom is 0.197 e. The van der Waals surface area contributed by atoms with Crippen molar-refractivity contribution in [2.75, 3.05) is 27.8 Å². The molecule has 1 aromatic carbocycles. The number of nitrogens with zero attached hydrogens (tertiary/aromatic N) is 1. The van der Waals surface area contributed by atoms with Crippen molar-refractivity contribution in [1.82, 2.24) is 0 Å². The predicted octanol–water partition coefficient (Wildman–Crippen LogP) is 2.03. The van der Waals surface area contributed by atoms with E-state index in [-0.39, 0.29) is 34.6 Å². The van der Waals surface area contributed by atoms with Crippen LogP contribution in [0.4, 0.5) is 0 Å². The summed E-state index contributed by atoms with van der Waals surface area (Å²) in [5.41, 5.74) is 1.17. The second kappa shape index (κ2) is 5.22. The van der Waals surface area contributed by atoms with Crippen LogP contribution in [-0.2, 0) is 21.4 Å². The number of carbonyl (C=O) groups is 1. The first-order chi connectivity index (χ1) is 11.8. The number of likely N-dealkylation sites (tertiary alicyclic amines) is 1. The number of phenolic OH excluding ortho intramolecular Hbond substituents is 1. The molecule has 1 heterocycles. The van der Waals surface area contributed by atoms with Crippen LogP contribution in [0.25, 0.3) is 0 Å². The van der Waals surface area contributed by atoms with Gasteiger partial charge in [-0.25, -0.2) is 0 Å². The summed E-state index contributed by atoms with van der Waals surface area (Å²) in [5.74, 6) is 0.631. The number of Topliss-reactive ketones (excluding diaryl/α,β-unsaturated/α-hetero) is 1. The van der Waals surface area contributed by atoms with Crippen molar-refractivity contribution in [1.29, 1.82) is 0 Å². The van der Waals surface area contributed by atoms with Gasteiger partial charge in [-0.1, -0.05) is 6.07 Å². The van der Waals surface area contributed by atoms with Crippen molar-refractivity contribution in [3.63, 3.8) is 0 Å². The lowest BCUT2D eigenvalue weighted by Gasteiger charge is -2.61. The van der Waals surface area contributed by atoms with Gasteiger partial charge in [-0.2, -0.15) is 0 Å². The number of rotatable bonds is 2. The van der Waals surface area contributed by atoms with E-state index in [4.69, 9.17) is 9.47 Å². The Hall–Kier alpha value is -2.05. The smallest absolute Gasteiger partial charge is 0.197 e. The molecule has 0 aromatic heterocycles. The molecule has 0 spiro atoms. The third-order valence-corrected chi connectivity index (χ3v) is 6.43. The minimum Gasteiger partial charge on any atom is -0.633 e. The molecule has 2 aliphatic carbocycles. The van der Waals surface area contributed by atoms with Crippen LogP contribution in [0.15, 0.2) is 24.0 Å². The predicted molar refractivity (Wildman–Crippen MR) is 91.1 cm³/mol. The number of hydrogen-bond donors (Lipinski definition) is 1. The fourth-order valence-electron chi connectivity index (χ4n) is 5.18. The summed E-state index contributed by atoms with van der Waals surface area (Å²) < 4.78 is 10.2. The number of carbonyl (C=O) groups excluding carboxylic acids is 1. The Balaban J connectivity index is 1.99. The van der Waals surface area contributed by atoms with Crippen LogP contribution in [0.2, 0.25) is 0 Å². The Morgan fingerprint density at radius 2 is 2.08 bits per heavy atom. The molecule has 4 atom stereocenters. The molecule has 1 unspecified atom stereocenters. The van der Waals surface area contributed by atoms with Crippen LogP contribution < -0.4 is 4.74 Å². The molecule has 0 radical (unpaired) electrons. The average molecular weight is 345 g/mol. The topological polar surface area (TPSA) is 78.8 Å². The first kappa shape index (κ1) is 16.4. The summed E-state index contributed by atoms with van der Waals surface area (Å²) >= 11 is 0. The van der Waals surface area contributed by atoms with Gasteiger partial charge >= 0.3 is 0 Å². The van der Waals surface area contributed by atoms with Gasteiger partial charge in [0.05, 0.1) is 33.9 Å². The first-order valence-corrected chi connectivity index (χ1v) is 8.58. The number of aromatic hydroxyl groups is 1. The van der Waals surface area contributed by atoms with Crippen LogP contribution in [0.1, 0.15) is 24.0 Å². The molecule has 1 N–H and O–H groups in total. The minimum absolute atomic E-state index is 0.0745. The SMILES string of the molecule is COC1=C[C@@H]2[C@@H]3Cc4ccc(OC)c(O)c4[C@]2(CC[N+]3(C)[O-])CC1=O. The highest BCUT2D eigenvalue weighted by molar-refractivity contribution is 5.96. The number of phenols is 1. The van der Waals surface area contributed by atoms with E-state index in [0.717, 1.165) is 11.1 Å². The number of likely N-dealkylation sites (N-methyl/N-ethyl adjacent to an activating group) is 1. The number of methoxy groups -OCH3 is 2. The lowest BCUT2D eigenvalue weighted by Crippen LogP contribution is -2.66. The molecule has 1 aromatic rings. The monoisotopic (exact) mass is 345 g/mol. The van der Waals surface area contributed by atoms with E-state index in [1.807, 2.05) is 12.1 Å². The molecule has 3 aliphatic rings. The van der Waals surface area contributed by atoms with Crippen molar-refractivity contribution in [2.45, 2.75) is 30.7 Å². The van der Waals surface area contributed by atoms with E-state index in [0.29, 0.717) is 30.9 Å². The van der Waals surface area contributed by atoms with Gasteiger partial charge in [-0.15, -0.1) is 0 Å². The van der Waals surface area contributed by atoms with Gasteiger partial charge in [0.25, 0.3) is 0 Å². The van der Waals surface area contributed by atoms with Crippen molar-refractivity contribution in [3.8, 4) is 11.5 Å². The molecule has 1 fully saturated rings. The molecule has 4 rings (SSSR count). The summed E-state index contributed by atoms with van der Waals surface area (Å²) in [4.78, 5) is 12.6. The number of hydrogen-bond acceptors (Lipinski definition) is 5. The van der Waals surface area contributed by atoms with Gasteiger partial charge in [-0.05, 0) is 17.7 Å². The third kappa shape index (κ3) is 2.07. The van der Waals surface area contributed by atoms with E-state index in [1.165, 1.54) is 14.2 Å². The number of hydroxylamine groups is 3. The molecule has 0 amide bonds. The first-order valence-electron chi connectivity index (χ1n) is 8.58. The Labute approximate surface area is 146 Å². The Kier molecular flexibility index (Phi) is 3.43. The Morgan fingerprint density at radius 1 is 1.32 bits per heavy atom. The summed E-state index contributed by atoms with van der Waals surface area (Å²) in [6.45, 7) is 0.431. The Morgan fingerprint density at radius 3 is 2.76 bits per heavy atom. The summed E-state index contributed by atoms with van der Waals surface area (Å²) in [5, 5.41) is 24.0. The second-order valence-electron chi connectivity index (χ2n) is 7.59. The van der Waals surface area contributed by atoms with Crippen LogP contribution >= 0.6 is 0 Å². The molecule has 25 heavy (non-hydrogen) atoms. The van der Waals surface area contributed by atoms with Gasteiger partial charge in [0.15, 0.2) is 23.0 Å². The van der Waals surface area contributed by atoms with Gasteiger partial charge in [0.1, 0.15) is 0 Å². The lowest BCUT2D eigenvalue weighted by atomic mass is 9.53. The van der Waals surface area contributed by atoms with Gasteiger partial charge < -0.3 is 24.4 Å². The normalized spacial score (nSPS) is 36.2. The van der Waals surface area contributed by atoms with Crippen LogP contribution in [0.3, 0.4) is 0 Å². The fourth-order valence-corrected chi connectivity index (χ4v) is 5.18. The molecular formula is C19H23NO5. The van der Waals surface area contributed by atoms with E-state index < -0.39 is 5.41 Å². The van der Waals surface area contributed by atoms with E-state index in [2.05, 4.69) is 0 Å². The minimum atomic E-state index is -0.557. The summed E-state index contributed by atoms with van der Waals surface area (Å²) in [7, 11) is 4.71. The molecule has 6 heteroatoms. The van der Waals surface area contributed by atoms with E-state index in [9.17, 15) is 15.1 Å². The third-order valence-electron chi connectivity index (χ3n) is 6.43. The summed E-state index contributed by atoms with van der Waals surface area (Å²) in [6.07, 6.45) is 3.20. The van der Waals surface area contributed by atoms with E-state index >= 15 is 0 Å². The number of piperidine rings is 1. The number of quaternary nitrogens is 1. The fraction of sp³-hybridized carbons (Fsp3) is 0.526. The number of ether oxygens (including phenoxy) is 2. The van der Waals surface area contributed by atoms with Gasteiger partial charge in [0.2, 0.25) is 0 Å². The zero-order valence-corrected chi connectivity index (χ0v) is 14.7. The quantitative estimate of drug-likeness (QED) is 0.655. The maximum absolute atomic E-state index is 13.1. The molecule has 1 saturated heterocycles. The molecule has 2 bridgehead atoms. The second-order valence-corrected chi connectivity index (χ2v) is 7.59. The largest absolute Gasteiger partial charge is 0.633 e. The van der Waals surface area contributed by atoms with Gasteiger partial charge in [-0.3, -0.25) is 4.79 Å². The molecule has 0 saturated carbocycles. The number of allylic oxidation sites excluding steroid dienone is 1. The van der Waals surface area contributed by atoms with Crippen LogP contribution in [0, 0.1) is 11.1 Å². The lowest BCUT2D eigenvalue weighted by molar-refractivity contribution is -0.898. The average Bonchev–Trinajstić information content (AvgIpc) is 2.58. The molecule has 1 aliphatic heterocycles. The van der Waals surface area contributed by atoms with Crippen molar-refractivity contribution in [2.24, 2.45) is 5.92 Å². The molecular weight excluding hydrogens is 322 g/mol. The Bertz CT molecular complexity index is 784. The summed E-state index contributed by atoms with van der Waals surface area (Å²) in [6, 6.07) is 3.47. The van der Waals surface area contributed by atoms with Gasteiger partial charge in [0, 0.05) is 36.2 Å². The highest BCUT2D eigenvalue weighted by atomic mass is 16.5. The highest BCUT2D eigenvalue weighted by Crippen LogP contribution is 2.58. The zero-order valence-electron chi connectivity index (χ0n) is 14.7. The van der Waals surface area contributed by atoms with Crippen LogP contribution in [0.5, 0.6) is 11.5 Å². The molecule has 134 valence electrons. The van der Waals surface area contributed by atoms with E-state index in [1.54, 1.807) is 13.1 Å². The van der Waals surface area contributed by atoms with Crippen molar-refractivity contribution in [3.05, 3.63) is 40.3 Å². The van der Waals surface area contributed by atoms with Crippen molar-refractivity contribution >= 4 is 5.78 Å². The number of benzene rings is 1. The zero-order chi connectivity index (χ0) is 18.0. The highest BCUT2D eigenvalue weighted by Gasteiger charge is 2.60.